The highest BCUT2D eigenvalue weighted by Gasteiger charge is 2.13. The number of nitrogens with two attached hydrogens (primary N) is 1. The Bertz CT molecular complexity index is 613. The maximum absolute atomic E-state index is 13.8. The van der Waals surface area contributed by atoms with Crippen LogP contribution in [0.5, 0.6) is 11.5 Å². The first-order chi connectivity index (χ1) is 9.47. The van der Waals surface area contributed by atoms with Gasteiger partial charge in [-0.2, -0.15) is 0 Å². The van der Waals surface area contributed by atoms with Crippen molar-refractivity contribution in [3.05, 3.63) is 58.4 Å². The summed E-state index contributed by atoms with van der Waals surface area (Å²) in [6, 6.07) is 10.0. The molecule has 0 radical (unpaired) electrons. The van der Waals surface area contributed by atoms with E-state index in [4.69, 9.17) is 22.1 Å². The van der Waals surface area contributed by atoms with Gasteiger partial charge in [-0.25, -0.2) is 4.39 Å². The van der Waals surface area contributed by atoms with Gasteiger partial charge in [-0.05, 0) is 50.1 Å². The molecule has 4 heteroatoms. The predicted molar refractivity (Wildman–Crippen MR) is 80.0 cm³/mol. The highest BCUT2D eigenvalue weighted by Crippen LogP contribution is 2.32. The highest BCUT2D eigenvalue weighted by molar-refractivity contribution is 6.31. The fraction of sp³-hybridized carbons (Fsp3) is 0.250. The van der Waals surface area contributed by atoms with Crippen molar-refractivity contribution in [3.8, 4) is 11.5 Å². The smallest absolute Gasteiger partial charge is 0.165 e. The van der Waals surface area contributed by atoms with Crippen LogP contribution in [0.4, 0.5) is 4.39 Å². The van der Waals surface area contributed by atoms with Crippen molar-refractivity contribution in [2.45, 2.75) is 26.3 Å². The molecule has 2 rings (SSSR count). The average molecular weight is 294 g/mol. The van der Waals surface area contributed by atoms with E-state index < -0.39 is 5.82 Å². The van der Waals surface area contributed by atoms with Gasteiger partial charge in [0.25, 0.3) is 0 Å². The van der Waals surface area contributed by atoms with Crippen molar-refractivity contribution >= 4 is 11.6 Å². The third kappa shape index (κ3) is 3.50. The Labute approximate surface area is 123 Å². The summed E-state index contributed by atoms with van der Waals surface area (Å²) in [5, 5.41) is 0.577. The Morgan fingerprint density at radius 1 is 1.25 bits per heavy atom. The number of aryl methyl sites for hydroxylation is 1. The third-order valence-electron chi connectivity index (χ3n) is 2.91. The van der Waals surface area contributed by atoms with Crippen LogP contribution in [0.3, 0.4) is 0 Å². The number of ether oxygens (including phenoxy) is 1. The molecule has 2 aromatic rings. The van der Waals surface area contributed by atoms with Gasteiger partial charge in [-0.15, -0.1) is 0 Å². The van der Waals surface area contributed by atoms with Gasteiger partial charge in [0.15, 0.2) is 11.6 Å². The minimum absolute atomic E-state index is 0.0559. The Kier molecular flexibility index (Phi) is 4.63. The van der Waals surface area contributed by atoms with Gasteiger partial charge >= 0.3 is 0 Å². The minimum atomic E-state index is -0.401. The number of hydrogen-bond donors (Lipinski definition) is 1. The molecule has 0 aliphatic carbocycles. The van der Waals surface area contributed by atoms with E-state index in [1.54, 1.807) is 30.3 Å². The Hall–Kier alpha value is -1.58. The number of hydrogen-bond acceptors (Lipinski definition) is 2. The lowest BCUT2D eigenvalue weighted by atomic mass is 10.1. The van der Waals surface area contributed by atoms with Crippen LogP contribution in [-0.2, 0) is 6.42 Å². The quantitative estimate of drug-likeness (QED) is 0.902. The third-order valence-corrected chi connectivity index (χ3v) is 3.26. The number of rotatable bonds is 4. The van der Waals surface area contributed by atoms with Crippen LogP contribution in [0.15, 0.2) is 36.4 Å². The highest BCUT2D eigenvalue weighted by atomic mass is 35.5. The second-order valence-electron chi connectivity index (χ2n) is 4.93. The summed E-state index contributed by atoms with van der Waals surface area (Å²) in [6.45, 7) is 3.77. The Balaban J connectivity index is 2.38. The zero-order valence-electron chi connectivity index (χ0n) is 11.5. The van der Waals surface area contributed by atoms with Gasteiger partial charge in [0.05, 0.1) is 0 Å². The second kappa shape index (κ2) is 6.25. The first kappa shape index (κ1) is 14.8. The molecule has 0 spiro atoms. The molecular formula is C16H17ClFNO. The minimum Gasteiger partial charge on any atom is -0.454 e. The summed E-state index contributed by atoms with van der Waals surface area (Å²) in [7, 11) is 0. The van der Waals surface area contributed by atoms with Crippen molar-refractivity contribution in [2.24, 2.45) is 5.73 Å². The van der Waals surface area contributed by atoms with Crippen LogP contribution < -0.4 is 10.5 Å². The molecule has 0 fully saturated rings. The summed E-state index contributed by atoms with van der Waals surface area (Å²) in [4.78, 5) is 0. The molecule has 106 valence electrons. The van der Waals surface area contributed by atoms with E-state index in [0.29, 0.717) is 17.2 Å². The van der Waals surface area contributed by atoms with Crippen LogP contribution in [0.25, 0.3) is 0 Å². The lowest BCUT2D eigenvalue weighted by Gasteiger charge is -2.15. The monoisotopic (exact) mass is 293 g/mol. The van der Waals surface area contributed by atoms with E-state index in [1.807, 2.05) is 13.8 Å². The van der Waals surface area contributed by atoms with Crippen molar-refractivity contribution < 1.29 is 9.13 Å². The van der Waals surface area contributed by atoms with Crippen LogP contribution in [0.1, 0.15) is 18.1 Å². The molecule has 0 amide bonds. The first-order valence-corrected chi connectivity index (χ1v) is 6.82. The molecular weight excluding hydrogens is 277 g/mol. The van der Waals surface area contributed by atoms with E-state index in [0.717, 1.165) is 11.1 Å². The van der Waals surface area contributed by atoms with E-state index in [-0.39, 0.29) is 11.8 Å². The lowest BCUT2D eigenvalue weighted by Crippen LogP contribution is -2.18. The van der Waals surface area contributed by atoms with Crippen molar-refractivity contribution in [2.75, 3.05) is 0 Å². The van der Waals surface area contributed by atoms with Gasteiger partial charge in [-0.3, -0.25) is 0 Å². The van der Waals surface area contributed by atoms with Crippen molar-refractivity contribution in [1.82, 2.24) is 0 Å². The molecule has 0 saturated heterocycles. The summed E-state index contributed by atoms with van der Waals surface area (Å²) >= 11 is 6.18. The zero-order chi connectivity index (χ0) is 14.7. The van der Waals surface area contributed by atoms with E-state index in [2.05, 4.69) is 0 Å². The molecule has 2 nitrogen and oxygen atoms in total. The Morgan fingerprint density at radius 3 is 2.70 bits per heavy atom. The standard InChI is InChI=1S/C16H17ClFNO/c1-10-6-7-14(18)16(8-10)20-15-5-3-4-13(17)12(15)9-11(2)19/h3-8,11H,9,19H2,1-2H3. The van der Waals surface area contributed by atoms with Crippen LogP contribution in [-0.4, -0.2) is 6.04 Å². The van der Waals surface area contributed by atoms with Gasteiger partial charge in [0.2, 0.25) is 0 Å². The molecule has 1 atom stereocenters. The zero-order valence-corrected chi connectivity index (χ0v) is 12.2. The fourth-order valence-electron chi connectivity index (χ4n) is 1.96. The van der Waals surface area contributed by atoms with E-state index in [9.17, 15) is 4.39 Å². The summed E-state index contributed by atoms with van der Waals surface area (Å²) in [6.07, 6.45) is 0.572. The number of halogens is 2. The maximum atomic E-state index is 13.8. The predicted octanol–water partition coefficient (Wildman–Crippen LogP) is 4.47. The molecule has 0 aromatic heterocycles. The molecule has 2 aromatic carbocycles. The molecule has 20 heavy (non-hydrogen) atoms. The molecule has 0 bridgehead atoms. The van der Waals surface area contributed by atoms with Gasteiger partial charge in [-0.1, -0.05) is 23.7 Å². The summed E-state index contributed by atoms with van der Waals surface area (Å²) in [5.41, 5.74) is 7.55. The molecule has 2 N–H and O–H groups in total. The molecule has 0 saturated carbocycles. The summed E-state index contributed by atoms with van der Waals surface area (Å²) < 4.78 is 19.5. The normalized spacial score (nSPS) is 12.2. The molecule has 0 heterocycles. The summed E-state index contributed by atoms with van der Waals surface area (Å²) in [5.74, 6) is 0.333. The van der Waals surface area contributed by atoms with Gasteiger partial charge < -0.3 is 10.5 Å². The SMILES string of the molecule is Cc1ccc(F)c(Oc2cccc(Cl)c2CC(C)N)c1. The Morgan fingerprint density at radius 2 is 2.00 bits per heavy atom. The van der Waals surface area contributed by atoms with Gasteiger partial charge in [0.1, 0.15) is 5.75 Å². The lowest BCUT2D eigenvalue weighted by molar-refractivity contribution is 0.436. The second-order valence-corrected chi connectivity index (χ2v) is 5.34. The first-order valence-electron chi connectivity index (χ1n) is 6.44. The van der Waals surface area contributed by atoms with Crippen molar-refractivity contribution in [1.29, 1.82) is 0 Å². The molecule has 0 aliphatic heterocycles. The fourth-order valence-corrected chi connectivity index (χ4v) is 2.20. The van der Waals surface area contributed by atoms with Crippen LogP contribution >= 0.6 is 11.6 Å². The maximum Gasteiger partial charge on any atom is 0.165 e. The number of benzene rings is 2. The van der Waals surface area contributed by atoms with Crippen LogP contribution in [0.2, 0.25) is 5.02 Å². The molecule has 0 aliphatic rings. The van der Waals surface area contributed by atoms with Crippen molar-refractivity contribution in [3.63, 3.8) is 0 Å². The van der Waals surface area contributed by atoms with E-state index in [1.165, 1.54) is 6.07 Å². The van der Waals surface area contributed by atoms with Gasteiger partial charge in [0, 0.05) is 16.6 Å². The molecule has 1 unspecified atom stereocenters. The largest absolute Gasteiger partial charge is 0.454 e. The van der Waals surface area contributed by atoms with Crippen LogP contribution in [0, 0.1) is 12.7 Å². The topological polar surface area (TPSA) is 35.2 Å². The average Bonchev–Trinajstić information content (AvgIpc) is 2.37. The van der Waals surface area contributed by atoms with E-state index >= 15 is 0 Å².